The SMILES string of the molecule is CC(C)NCc1cc(N(C)C(C)Cc2cccs2)ccn1. The van der Waals surface area contributed by atoms with Gasteiger partial charge in [0.05, 0.1) is 5.69 Å². The molecule has 114 valence electrons. The number of hydrogen-bond acceptors (Lipinski definition) is 4. The molecule has 0 saturated carbocycles. The van der Waals surface area contributed by atoms with Crippen LogP contribution in [0.25, 0.3) is 0 Å². The van der Waals surface area contributed by atoms with E-state index in [-0.39, 0.29) is 0 Å². The number of pyridine rings is 1. The van der Waals surface area contributed by atoms with Crippen LogP contribution in [0.4, 0.5) is 5.69 Å². The van der Waals surface area contributed by atoms with Crippen molar-refractivity contribution in [3.05, 3.63) is 46.4 Å². The first-order valence-corrected chi connectivity index (χ1v) is 8.37. The van der Waals surface area contributed by atoms with Crippen LogP contribution in [-0.4, -0.2) is 24.1 Å². The van der Waals surface area contributed by atoms with E-state index in [1.54, 1.807) is 0 Å². The van der Waals surface area contributed by atoms with Crippen molar-refractivity contribution in [2.75, 3.05) is 11.9 Å². The highest BCUT2D eigenvalue weighted by Gasteiger charge is 2.12. The molecule has 2 heterocycles. The Labute approximate surface area is 132 Å². The molecule has 0 bridgehead atoms. The van der Waals surface area contributed by atoms with Gasteiger partial charge in [0, 0.05) is 48.9 Å². The molecule has 2 aromatic rings. The Balaban J connectivity index is 2.00. The number of hydrogen-bond donors (Lipinski definition) is 1. The maximum Gasteiger partial charge on any atom is 0.0562 e. The molecule has 0 aliphatic carbocycles. The van der Waals surface area contributed by atoms with Gasteiger partial charge in [-0.25, -0.2) is 0 Å². The van der Waals surface area contributed by atoms with Gasteiger partial charge in [0.2, 0.25) is 0 Å². The highest BCUT2D eigenvalue weighted by Crippen LogP contribution is 2.19. The quantitative estimate of drug-likeness (QED) is 0.845. The average molecular weight is 303 g/mol. The molecular weight excluding hydrogens is 278 g/mol. The van der Waals surface area contributed by atoms with Crippen LogP contribution in [0.15, 0.2) is 35.8 Å². The molecule has 0 aliphatic rings. The monoisotopic (exact) mass is 303 g/mol. The zero-order valence-electron chi connectivity index (χ0n) is 13.3. The summed E-state index contributed by atoms with van der Waals surface area (Å²) in [5.74, 6) is 0. The lowest BCUT2D eigenvalue weighted by molar-refractivity contribution is 0.581. The van der Waals surface area contributed by atoms with Crippen molar-refractivity contribution in [3.63, 3.8) is 0 Å². The minimum atomic E-state index is 0.469. The summed E-state index contributed by atoms with van der Waals surface area (Å²) in [6, 6.07) is 9.54. The number of anilines is 1. The topological polar surface area (TPSA) is 28.2 Å². The molecule has 2 rings (SSSR count). The Hall–Kier alpha value is -1.39. The first-order chi connectivity index (χ1) is 10.1. The van der Waals surface area contributed by atoms with Crippen LogP contribution in [0, 0.1) is 0 Å². The number of rotatable bonds is 7. The fraction of sp³-hybridized carbons (Fsp3) is 0.471. The summed E-state index contributed by atoms with van der Waals surface area (Å²) in [4.78, 5) is 8.21. The average Bonchev–Trinajstić information content (AvgIpc) is 2.97. The number of nitrogens with one attached hydrogen (secondary N) is 1. The maximum atomic E-state index is 4.44. The molecule has 0 aliphatic heterocycles. The summed E-state index contributed by atoms with van der Waals surface area (Å²) < 4.78 is 0. The number of thiophene rings is 1. The molecule has 2 aromatic heterocycles. The Morgan fingerprint density at radius 2 is 2.10 bits per heavy atom. The van der Waals surface area contributed by atoms with Gasteiger partial charge in [-0.3, -0.25) is 4.98 Å². The van der Waals surface area contributed by atoms with E-state index < -0.39 is 0 Å². The van der Waals surface area contributed by atoms with Gasteiger partial charge in [-0.1, -0.05) is 19.9 Å². The fourth-order valence-electron chi connectivity index (χ4n) is 2.20. The van der Waals surface area contributed by atoms with E-state index in [4.69, 9.17) is 0 Å². The van der Waals surface area contributed by atoms with Crippen LogP contribution >= 0.6 is 11.3 Å². The van der Waals surface area contributed by atoms with Crippen LogP contribution in [0.1, 0.15) is 31.3 Å². The molecule has 0 saturated heterocycles. The molecule has 0 amide bonds. The van der Waals surface area contributed by atoms with Gasteiger partial charge >= 0.3 is 0 Å². The summed E-state index contributed by atoms with van der Waals surface area (Å²) in [5.41, 5.74) is 2.32. The second-order valence-electron chi connectivity index (χ2n) is 5.78. The first-order valence-electron chi connectivity index (χ1n) is 7.49. The number of likely N-dealkylation sites (N-methyl/N-ethyl adjacent to an activating group) is 1. The molecule has 0 aromatic carbocycles. The third kappa shape index (κ3) is 4.83. The van der Waals surface area contributed by atoms with Crippen molar-refractivity contribution in [1.82, 2.24) is 10.3 Å². The van der Waals surface area contributed by atoms with E-state index in [1.807, 2.05) is 17.5 Å². The molecule has 21 heavy (non-hydrogen) atoms. The van der Waals surface area contributed by atoms with Crippen LogP contribution in [0.5, 0.6) is 0 Å². The van der Waals surface area contributed by atoms with Gasteiger partial charge in [0.1, 0.15) is 0 Å². The molecular formula is C17H25N3S. The molecule has 3 nitrogen and oxygen atoms in total. The van der Waals surface area contributed by atoms with Gasteiger partial charge in [-0.2, -0.15) is 0 Å². The molecule has 4 heteroatoms. The third-order valence-corrected chi connectivity index (χ3v) is 4.54. The summed E-state index contributed by atoms with van der Waals surface area (Å²) in [6.45, 7) is 7.39. The highest BCUT2D eigenvalue weighted by molar-refractivity contribution is 7.09. The molecule has 0 spiro atoms. The van der Waals surface area contributed by atoms with E-state index in [0.717, 1.165) is 18.7 Å². The van der Waals surface area contributed by atoms with Gasteiger partial charge in [-0.15, -0.1) is 11.3 Å². The minimum absolute atomic E-state index is 0.469. The van der Waals surface area contributed by atoms with Gasteiger partial charge in [-0.05, 0) is 30.5 Å². The van der Waals surface area contributed by atoms with Gasteiger partial charge < -0.3 is 10.2 Å². The second-order valence-corrected chi connectivity index (χ2v) is 6.82. The van der Waals surface area contributed by atoms with Crippen LogP contribution in [0.3, 0.4) is 0 Å². The van der Waals surface area contributed by atoms with Crippen molar-refractivity contribution >= 4 is 17.0 Å². The molecule has 0 fully saturated rings. The fourth-order valence-corrected chi connectivity index (χ4v) is 3.03. The third-order valence-electron chi connectivity index (χ3n) is 3.64. The maximum absolute atomic E-state index is 4.44. The van der Waals surface area contributed by atoms with Gasteiger partial charge in [0.15, 0.2) is 0 Å². The smallest absolute Gasteiger partial charge is 0.0562 e. The lowest BCUT2D eigenvalue weighted by Gasteiger charge is -2.27. The summed E-state index contributed by atoms with van der Waals surface area (Å²) in [5, 5.41) is 5.56. The number of aromatic nitrogens is 1. The summed E-state index contributed by atoms with van der Waals surface area (Å²) >= 11 is 1.83. The Morgan fingerprint density at radius 1 is 1.29 bits per heavy atom. The lowest BCUT2D eigenvalue weighted by atomic mass is 10.1. The second kappa shape index (κ2) is 7.57. The van der Waals surface area contributed by atoms with Crippen molar-refractivity contribution in [2.24, 2.45) is 0 Å². The van der Waals surface area contributed by atoms with E-state index >= 15 is 0 Å². The Bertz CT molecular complexity index is 537. The van der Waals surface area contributed by atoms with E-state index in [2.05, 4.69) is 72.7 Å². The molecule has 1 N–H and O–H groups in total. The standard InChI is InChI=1S/C17H25N3S/c1-13(2)19-12-15-11-16(7-8-18-15)20(4)14(3)10-17-6-5-9-21-17/h5-9,11,13-14,19H,10,12H2,1-4H3. The summed E-state index contributed by atoms with van der Waals surface area (Å²) in [7, 11) is 2.16. The Kier molecular flexibility index (Phi) is 5.76. The Morgan fingerprint density at radius 3 is 2.76 bits per heavy atom. The molecule has 1 unspecified atom stereocenters. The van der Waals surface area contributed by atoms with E-state index in [9.17, 15) is 0 Å². The van der Waals surface area contributed by atoms with Crippen molar-refractivity contribution < 1.29 is 0 Å². The minimum Gasteiger partial charge on any atom is -0.371 e. The molecule has 0 radical (unpaired) electrons. The van der Waals surface area contributed by atoms with E-state index in [0.29, 0.717) is 12.1 Å². The van der Waals surface area contributed by atoms with Crippen LogP contribution < -0.4 is 10.2 Å². The first kappa shape index (κ1) is 16.0. The number of nitrogens with zero attached hydrogens (tertiary/aromatic N) is 2. The predicted molar refractivity (Wildman–Crippen MR) is 92.1 cm³/mol. The highest BCUT2D eigenvalue weighted by atomic mass is 32.1. The van der Waals surface area contributed by atoms with Crippen molar-refractivity contribution in [1.29, 1.82) is 0 Å². The zero-order valence-corrected chi connectivity index (χ0v) is 14.2. The van der Waals surface area contributed by atoms with Crippen molar-refractivity contribution in [3.8, 4) is 0 Å². The van der Waals surface area contributed by atoms with Crippen LogP contribution in [0.2, 0.25) is 0 Å². The lowest BCUT2D eigenvalue weighted by Crippen LogP contribution is -2.30. The predicted octanol–water partition coefficient (Wildman–Crippen LogP) is 3.71. The van der Waals surface area contributed by atoms with Crippen molar-refractivity contribution in [2.45, 2.75) is 45.8 Å². The van der Waals surface area contributed by atoms with Gasteiger partial charge in [0.25, 0.3) is 0 Å². The van der Waals surface area contributed by atoms with Crippen LogP contribution in [-0.2, 0) is 13.0 Å². The molecule has 1 atom stereocenters. The van der Waals surface area contributed by atoms with E-state index in [1.165, 1.54) is 10.6 Å². The largest absolute Gasteiger partial charge is 0.371 e. The normalized spacial score (nSPS) is 12.6. The summed E-state index contributed by atoms with van der Waals surface area (Å²) in [6.07, 6.45) is 2.98. The zero-order chi connectivity index (χ0) is 15.2.